The van der Waals surface area contributed by atoms with Crippen LogP contribution in [-0.4, -0.2) is 22.1 Å². The molecule has 4 aromatic rings. The summed E-state index contributed by atoms with van der Waals surface area (Å²) >= 11 is 0. The Morgan fingerprint density at radius 2 is 1.55 bits per heavy atom. The number of pyridine rings is 1. The van der Waals surface area contributed by atoms with Gasteiger partial charge in [0.1, 0.15) is 0 Å². The number of benzene rings is 3. The van der Waals surface area contributed by atoms with Gasteiger partial charge in [0, 0.05) is 10.9 Å². The second-order valence-electron chi connectivity index (χ2n) is 7.65. The topological polar surface area (TPSA) is 62.2 Å². The van der Waals surface area contributed by atoms with Crippen LogP contribution in [0.15, 0.2) is 84.9 Å². The number of aromatic nitrogens is 1. The highest BCUT2D eigenvalue weighted by atomic mass is 16.3. The van der Waals surface area contributed by atoms with Gasteiger partial charge in [-0.2, -0.15) is 0 Å². The minimum absolute atomic E-state index is 0.206. The van der Waals surface area contributed by atoms with Crippen LogP contribution >= 0.6 is 0 Å². The molecule has 0 fully saturated rings. The first-order valence-electron chi connectivity index (χ1n) is 10.6. The van der Waals surface area contributed by atoms with Crippen molar-refractivity contribution in [2.75, 3.05) is 0 Å². The van der Waals surface area contributed by atoms with E-state index in [2.05, 4.69) is 5.32 Å². The molecule has 4 rings (SSSR count). The van der Waals surface area contributed by atoms with Crippen LogP contribution in [0.2, 0.25) is 0 Å². The molecule has 1 aromatic heterocycles. The Balaban J connectivity index is 1.86. The molecule has 0 bridgehead atoms. The van der Waals surface area contributed by atoms with Crippen molar-refractivity contribution in [3.63, 3.8) is 0 Å². The quantitative estimate of drug-likeness (QED) is 0.452. The normalized spacial score (nSPS) is 13.0. The summed E-state index contributed by atoms with van der Waals surface area (Å²) < 4.78 is 0. The number of aliphatic hydroxyl groups is 1. The third kappa shape index (κ3) is 4.21. The van der Waals surface area contributed by atoms with Gasteiger partial charge in [0.25, 0.3) is 5.91 Å². The molecule has 1 amide bonds. The van der Waals surface area contributed by atoms with Crippen molar-refractivity contribution in [1.82, 2.24) is 10.3 Å². The van der Waals surface area contributed by atoms with Crippen molar-refractivity contribution in [2.24, 2.45) is 0 Å². The van der Waals surface area contributed by atoms with Gasteiger partial charge >= 0.3 is 0 Å². The van der Waals surface area contributed by atoms with Crippen LogP contribution in [0.25, 0.3) is 22.2 Å². The van der Waals surface area contributed by atoms with Crippen molar-refractivity contribution in [3.8, 4) is 11.3 Å². The molecule has 0 aliphatic rings. The number of carbonyl (C=O) groups excluding carboxylic acids is 1. The first-order chi connectivity index (χ1) is 15.1. The average molecular weight is 411 g/mol. The second kappa shape index (κ2) is 9.11. The maximum absolute atomic E-state index is 13.7. The van der Waals surface area contributed by atoms with E-state index in [-0.39, 0.29) is 5.91 Å². The fraction of sp³-hybridized carbons (Fsp3) is 0.185. The van der Waals surface area contributed by atoms with Crippen LogP contribution in [0, 0.1) is 0 Å². The highest BCUT2D eigenvalue weighted by molar-refractivity contribution is 6.09. The van der Waals surface area contributed by atoms with Crippen LogP contribution in [0.4, 0.5) is 0 Å². The van der Waals surface area contributed by atoms with Crippen molar-refractivity contribution in [2.45, 2.75) is 32.4 Å². The fourth-order valence-electron chi connectivity index (χ4n) is 4.05. The van der Waals surface area contributed by atoms with Crippen LogP contribution < -0.4 is 5.32 Å². The number of para-hydroxylation sites is 1. The Morgan fingerprint density at radius 3 is 2.19 bits per heavy atom. The molecular formula is C27H26N2O2. The number of nitrogens with zero attached hydrogens (tertiary/aromatic N) is 1. The van der Waals surface area contributed by atoms with Gasteiger partial charge in [0.15, 0.2) is 0 Å². The molecule has 0 aliphatic heterocycles. The van der Waals surface area contributed by atoms with Gasteiger partial charge in [-0.15, -0.1) is 0 Å². The lowest BCUT2D eigenvalue weighted by atomic mass is 9.93. The van der Waals surface area contributed by atoms with Gasteiger partial charge in [-0.05, 0) is 30.5 Å². The van der Waals surface area contributed by atoms with Crippen LogP contribution in [0.3, 0.4) is 0 Å². The Labute approximate surface area is 182 Å². The molecule has 0 spiro atoms. The number of amides is 1. The summed E-state index contributed by atoms with van der Waals surface area (Å²) in [5, 5.41) is 14.3. The van der Waals surface area contributed by atoms with E-state index in [9.17, 15) is 9.90 Å². The highest BCUT2D eigenvalue weighted by Gasteiger charge is 2.25. The summed E-state index contributed by atoms with van der Waals surface area (Å²) in [5.41, 5.74) is 4.96. The average Bonchev–Trinajstić information content (AvgIpc) is 2.82. The molecule has 0 radical (unpaired) electrons. The van der Waals surface area contributed by atoms with E-state index in [1.54, 1.807) is 6.92 Å². The largest absolute Gasteiger partial charge is 0.391 e. The highest BCUT2D eigenvalue weighted by Crippen LogP contribution is 2.31. The van der Waals surface area contributed by atoms with E-state index in [1.165, 1.54) is 0 Å². The molecule has 156 valence electrons. The summed E-state index contributed by atoms with van der Waals surface area (Å²) in [5.74, 6) is -0.206. The van der Waals surface area contributed by atoms with Gasteiger partial charge in [-0.1, -0.05) is 85.8 Å². The van der Waals surface area contributed by atoms with Gasteiger partial charge < -0.3 is 10.4 Å². The number of rotatable bonds is 6. The molecule has 0 aliphatic carbocycles. The van der Waals surface area contributed by atoms with Crippen LogP contribution in [0.1, 0.15) is 41.4 Å². The zero-order chi connectivity index (χ0) is 21.8. The van der Waals surface area contributed by atoms with Crippen LogP contribution in [-0.2, 0) is 6.42 Å². The SMILES string of the molecule is CCc1c(-c2ccccc2)nc2ccccc2c1C(=O)N[C@H](c1ccccc1)[C@H](C)O. The lowest BCUT2D eigenvalue weighted by molar-refractivity contribution is 0.0859. The Bertz CT molecular complexity index is 1190. The molecule has 1 heterocycles. The maximum Gasteiger partial charge on any atom is 0.252 e. The van der Waals surface area contributed by atoms with Crippen molar-refractivity contribution < 1.29 is 9.90 Å². The molecule has 4 heteroatoms. The van der Waals surface area contributed by atoms with E-state index in [0.717, 1.165) is 33.3 Å². The summed E-state index contributed by atoms with van der Waals surface area (Å²) in [6.07, 6.45) is -0.0757. The molecule has 0 saturated carbocycles. The summed E-state index contributed by atoms with van der Waals surface area (Å²) in [4.78, 5) is 18.6. The Morgan fingerprint density at radius 1 is 0.935 bits per heavy atom. The standard InChI is InChI=1S/C27H26N2O2/c1-3-21-24(27(31)29-25(18(2)30)19-12-6-4-7-13-19)22-16-10-11-17-23(22)28-26(21)20-14-8-5-9-15-20/h4-18,25,30H,3H2,1-2H3,(H,29,31)/t18-,25-/m0/s1. The van der Waals surface area contributed by atoms with E-state index in [4.69, 9.17) is 4.98 Å². The monoisotopic (exact) mass is 410 g/mol. The van der Waals surface area contributed by atoms with Gasteiger partial charge in [-0.3, -0.25) is 4.79 Å². The van der Waals surface area contributed by atoms with Crippen LogP contribution in [0.5, 0.6) is 0 Å². The minimum atomic E-state index is -0.738. The molecule has 2 N–H and O–H groups in total. The number of nitrogens with one attached hydrogen (secondary N) is 1. The van der Waals surface area contributed by atoms with E-state index in [0.29, 0.717) is 12.0 Å². The van der Waals surface area contributed by atoms with E-state index in [1.807, 2.05) is 91.9 Å². The molecule has 31 heavy (non-hydrogen) atoms. The van der Waals surface area contributed by atoms with E-state index >= 15 is 0 Å². The number of hydrogen-bond acceptors (Lipinski definition) is 3. The molecule has 3 aromatic carbocycles. The second-order valence-corrected chi connectivity index (χ2v) is 7.65. The molecule has 0 unspecified atom stereocenters. The lowest BCUT2D eigenvalue weighted by Crippen LogP contribution is -2.35. The number of fused-ring (bicyclic) bond motifs is 1. The third-order valence-corrected chi connectivity index (χ3v) is 5.55. The number of carbonyl (C=O) groups is 1. The smallest absolute Gasteiger partial charge is 0.252 e. The first kappa shape index (κ1) is 20.8. The first-order valence-corrected chi connectivity index (χ1v) is 10.6. The lowest BCUT2D eigenvalue weighted by Gasteiger charge is -2.24. The van der Waals surface area contributed by atoms with Gasteiger partial charge in [0.2, 0.25) is 0 Å². The predicted octanol–water partition coefficient (Wildman–Crippen LogP) is 5.32. The fourth-order valence-corrected chi connectivity index (χ4v) is 4.05. The van der Waals surface area contributed by atoms with Crippen molar-refractivity contribution in [1.29, 1.82) is 0 Å². The summed E-state index contributed by atoms with van der Waals surface area (Å²) in [6, 6.07) is 26.7. The molecule has 2 atom stereocenters. The number of hydrogen-bond donors (Lipinski definition) is 2. The Hall–Kier alpha value is -3.50. The molecular weight excluding hydrogens is 384 g/mol. The molecule has 0 saturated heterocycles. The predicted molar refractivity (Wildman–Crippen MR) is 125 cm³/mol. The third-order valence-electron chi connectivity index (χ3n) is 5.55. The zero-order valence-electron chi connectivity index (χ0n) is 17.7. The summed E-state index contributed by atoms with van der Waals surface area (Å²) in [7, 11) is 0. The van der Waals surface area contributed by atoms with Crippen molar-refractivity contribution >= 4 is 16.8 Å². The van der Waals surface area contributed by atoms with Gasteiger partial charge in [-0.25, -0.2) is 4.98 Å². The number of aliphatic hydroxyl groups excluding tert-OH is 1. The van der Waals surface area contributed by atoms with Gasteiger partial charge in [0.05, 0.1) is 28.9 Å². The Kier molecular flexibility index (Phi) is 6.10. The maximum atomic E-state index is 13.7. The summed E-state index contributed by atoms with van der Waals surface area (Å²) in [6.45, 7) is 3.73. The zero-order valence-corrected chi connectivity index (χ0v) is 17.7. The van der Waals surface area contributed by atoms with Crippen molar-refractivity contribution in [3.05, 3.63) is 102 Å². The van der Waals surface area contributed by atoms with E-state index < -0.39 is 12.1 Å². The molecule has 4 nitrogen and oxygen atoms in total. The minimum Gasteiger partial charge on any atom is -0.391 e.